The maximum absolute atomic E-state index is 11.9. The van der Waals surface area contributed by atoms with Gasteiger partial charge in [0.25, 0.3) is 0 Å². The quantitative estimate of drug-likeness (QED) is 0.842. The van der Waals surface area contributed by atoms with Crippen molar-refractivity contribution in [3.63, 3.8) is 0 Å². The van der Waals surface area contributed by atoms with Gasteiger partial charge < -0.3 is 10.0 Å². The second kappa shape index (κ2) is 6.44. The van der Waals surface area contributed by atoms with E-state index in [-0.39, 0.29) is 0 Å². The Morgan fingerprint density at radius 2 is 1.95 bits per heavy atom. The second-order valence-corrected chi connectivity index (χ2v) is 6.74. The summed E-state index contributed by atoms with van der Waals surface area (Å²) in [6, 6.07) is 1.07. The van der Waals surface area contributed by atoms with Crippen LogP contribution in [0.3, 0.4) is 0 Å². The number of hydrogen-bond acceptors (Lipinski definition) is 3. The maximum atomic E-state index is 11.9. The molecule has 2 fully saturated rings. The van der Waals surface area contributed by atoms with Gasteiger partial charge in [0.15, 0.2) is 0 Å². The molecule has 1 N–H and O–H groups in total. The summed E-state index contributed by atoms with van der Waals surface area (Å²) in [5, 5.41) is 9.78. The second-order valence-electron chi connectivity index (χ2n) is 6.74. The van der Waals surface area contributed by atoms with E-state index in [1.807, 2.05) is 0 Å². The van der Waals surface area contributed by atoms with Crippen molar-refractivity contribution in [1.29, 1.82) is 0 Å². The molecule has 0 bridgehead atoms. The van der Waals surface area contributed by atoms with Crippen molar-refractivity contribution in [3.8, 4) is 0 Å². The number of piperidine rings is 1. The van der Waals surface area contributed by atoms with E-state index in [2.05, 4.69) is 30.6 Å². The molecule has 116 valence electrons. The van der Waals surface area contributed by atoms with Gasteiger partial charge in [0, 0.05) is 12.1 Å². The molecule has 0 radical (unpaired) electrons. The van der Waals surface area contributed by atoms with Gasteiger partial charge in [-0.2, -0.15) is 0 Å². The normalized spacial score (nSPS) is 30.2. The van der Waals surface area contributed by atoms with Crippen LogP contribution in [0, 0.1) is 0 Å². The highest BCUT2D eigenvalue weighted by Crippen LogP contribution is 2.38. The number of carboxylic acid groups (broad SMARTS) is 1. The Balaban J connectivity index is 2.06. The molecule has 2 saturated heterocycles. The number of nitrogens with zero attached hydrogens (tertiary/aromatic N) is 2. The first-order valence-corrected chi connectivity index (χ1v) is 8.25. The highest BCUT2D eigenvalue weighted by molar-refractivity contribution is 5.79. The molecule has 0 aromatic carbocycles. The van der Waals surface area contributed by atoms with Crippen LogP contribution in [0.2, 0.25) is 0 Å². The van der Waals surface area contributed by atoms with Gasteiger partial charge in [-0.25, -0.2) is 0 Å². The third kappa shape index (κ3) is 2.86. The zero-order valence-corrected chi connectivity index (χ0v) is 13.3. The number of carboxylic acids is 1. The van der Waals surface area contributed by atoms with Gasteiger partial charge in [0.2, 0.25) is 0 Å². The SMILES string of the molecule is CCCC1(C(=O)O)CCCN1C1CCN(C(C)C)CC1. The van der Waals surface area contributed by atoms with E-state index in [9.17, 15) is 9.90 Å². The Hall–Kier alpha value is -0.610. The van der Waals surface area contributed by atoms with Crippen molar-refractivity contribution in [3.05, 3.63) is 0 Å². The molecular formula is C16H30N2O2. The summed E-state index contributed by atoms with van der Waals surface area (Å²) in [5.41, 5.74) is -0.570. The topological polar surface area (TPSA) is 43.8 Å². The van der Waals surface area contributed by atoms with Crippen molar-refractivity contribution in [1.82, 2.24) is 9.80 Å². The largest absolute Gasteiger partial charge is 0.480 e. The van der Waals surface area contributed by atoms with E-state index >= 15 is 0 Å². The van der Waals surface area contributed by atoms with Gasteiger partial charge in [0.05, 0.1) is 0 Å². The fourth-order valence-corrected chi connectivity index (χ4v) is 4.16. The summed E-state index contributed by atoms with van der Waals surface area (Å²) < 4.78 is 0. The summed E-state index contributed by atoms with van der Waals surface area (Å²) in [4.78, 5) is 16.7. The van der Waals surface area contributed by atoms with Gasteiger partial charge >= 0.3 is 5.97 Å². The molecular weight excluding hydrogens is 252 g/mol. The predicted molar refractivity (Wildman–Crippen MR) is 80.9 cm³/mol. The lowest BCUT2D eigenvalue weighted by atomic mass is 9.88. The number of likely N-dealkylation sites (tertiary alicyclic amines) is 2. The van der Waals surface area contributed by atoms with E-state index < -0.39 is 11.5 Å². The van der Waals surface area contributed by atoms with Crippen LogP contribution in [0.25, 0.3) is 0 Å². The van der Waals surface area contributed by atoms with Crippen LogP contribution >= 0.6 is 0 Å². The Kier molecular flexibility index (Phi) is 5.08. The number of aliphatic carboxylic acids is 1. The van der Waals surface area contributed by atoms with Crippen molar-refractivity contribution in [2.45, 2.75) is 76.9 Å². The van der Waals surface area contributed by atoms with Crippen LogP contribution in [-0.2, 0) is 4.79 Å². The third-order valence-electron chi connectivity index (χ3n) is 5.27. The van der Waals surface area contributed by atoms with Gasteiger partial charge in [-0.15, -0.1) is 0 Å². The molecule has 2 rings (SSSR count). The Labute approximate surface area is 123 Å². The molecule has 4 nitrogen and oxygen atoms in total. The first-order valence-electron chi connectivity index (χ1n) is 8.25. The number of carbonyl (C=O) groups is 1. The highest BCUT2D eigenvalue weighted by Gasteiger charge is 2.49. The zero-order valence-electron chi connectivity index (χ0n) is 13.3. The van der Waals surface area contributed by atoms with Crippen LogP contribution in [0.4, 0.5) is 0 Å². The molecule has 1 unspecified atom stereocenters. The molecule has 0 aromatic rings. The molecule has 2 heterocycles. The van der Waals surface area contributed by atoms with Crippen molar-refractivity contribution in [2.75, 3.05) is 19.6 Å². The summed E-state index contributed by atoms with van der Waals surface area (Å²) in [6.07, 6.45) is 5.87. The molecule has 0 saturated carbocycles. The van der Waals surface area contributed by atoms with E-state index in [1.54, 1.807) is 0 Å². The van der Waals surface area contributed by atoms with Gasteiger partial charge in [-0.3, -0.25) is 9.69 Å². The summed E-state index contributed by atoms with van der Waals surface area (Å²) in [5.74, 6) is -0.594. The van der Waals surface area contributed by atoms with Crippen molar-refractivity contribution < 1.29 is 9.90 Å². The fraction of sp³-hybridized carbons (Fsp3) is 0.938. The average molecular weight is 282 g/mol. The van der Waals surface area contributed by atoms with Gasteiger partial charge in [-0.05, 0) is 65.6 Å². The van der Waals surface area contributed by atoms with E-state index in [1.165, 1.54) is 0 Å². The van der Waals surface area contributed by atoms with Crippen molar-refractivity contribution >= 4 is 5.97 Å². The Morgan fingerprint density at radius 1 is 1.30 bits per heavy atom. The van der Waals surface area contributed by atoms with E-state index in [0.29, 0.717) is 12.1 Å². The minimum Gasteiger partial charge on any atom is -0.480 e. The summed E-state index contributed by atoms with van der Waals surface area (Å²) in [6.45, 7) is 9.78. The molecule has 2 aliphatic rings. The van der Waals surface area contributed by atoms with Crippen LogP contribution < -0.4 is 0 Å². The summed E-state index contributed by atoms with van der Waals surface area (Å²) in [7, 11) is 0. The first kappa shape index (κ1) is 15.8. The van der Waals surface area contributed by atoms with Gasteiger partial charge in [-0.1, -0.05) is 13.3 Å². The smallest absolute Gasteiger partial charge is 0.324 e. The molecule has 0 aromatic heterocycles. The van der Waals surface area contributed by atoms with Crippen LogP contribution in [0.1, 0.15) is 59.3 Å². The van der Waals surface area contributed by atoms with Gasteiger partial charge in [0.1, 0.15) is 5.54 Å². The van der Waals surface area contributed by atoms with Crippen LogP contribution in [-0.4, -0.2) is 58.1 Å². The Morgan fingerprint density at radius 3 is 2.45 bits per heavy atom. The fourth-order valence-electron chi connectivity index (χ4n) is 4.16. The molecule has 4 heteroatoms. The number of rotatable bonds is 5. The average Bonchev–Trinajstić information content (AvgIpc) is 2.84. The van der Waals surface area contributed by atoms with E-state index in [0.717, 1.165) is 58.2 Å². The molecule has 2 aliphatic heterocycles. The molecule has 1 atom stereocenters. The van der Waals surface area contributed by atoms with Crippen LogP contribution in [0.5, 0.6) is 0 Å². The molecule has 0 aliphatic carbocycles. The van der Waals surface area contributed by atoms with E-state index in [4.69, 9.17) is 0 Å². The predicted octanol–water partition coefficient (Wildman–Crippen LogP) is 2.58. The molecule has 20 heavy (non-hydrogen) atoms. The molecule has 0 spiro atoms. The van der Waals surface area contributed by atoms with Crippen molar-refractivity contribution in [2.24, 2.45) is 0 Å². The standard InChI is InChI=1S/C16H30N2O2/c1-4-8-16(15(19)20)9-5-10-18(16)14-6-11-17(12-7-14)13(2)3/h13-14H,4-12H2,1-3H3,(H,19,20). The number of hydrogen-bond donors (Lipinski definition) is 1. The Bertz CT molecular complexity index is 337. The van der Waals surface area contributed by atoms with Crippen LogP contribution in [0.15, 0.2) is 0 Å². The maximum Gasteiger partial charge on any atom is 0.324 e. The molecule has 0 amide bonds. The lowest BCUT2D eigenvalue weighted by molar-refractivity contribution is -0.152. The first-order chi connectivity index (χ1) is 9.51. The summed E-state index contributed by atoms with van der Waals surface area (Å²) >= 11 is 0. The minimum atomic E-state index is -0.594. The lowest BCUT2D eigenvalue weighted by Crippen LogP contribution is -2.57. The monoisotopic (exact) mass is 282 g/mol. The third-order valence-corrected chi connectivity index (χ3v) is 5.27. The highest BCUT2D eigenvalue weighted by atomic mass is 16.4. The zero-order chi connectivity index (χ0) is 14.8. The minimum absolute atomic E-state index is 0.468. The lowest BCUT2D eigenvalue weighted by Gasteiger charge is -2.44.